The lowest BCUT2D eigenvalue weighted by atomic mass is 9.96. The number of amides is 1. The molecule has 0 unspecified atom stereocenters. The van der Waals surface area contributed by atoms with Gasteiger partial charge in [0.05, 0.1) is 4.90 Å². The second-order valence-electron chi connectivity index (χ2n) is 6.30. The number of rotatable bonds is 5. The highest BCUT2D eigenvalue weighted by Gasteiger charge is 2.21. The normalized spacial score (nSPS) is 14.7. The standard InChI is InChI=1S/C19H22N2O3S.C2H6/c22-19(15-7-3-1-4-8-15)20-16-11-13-18(14-12-16)25(23,24)21-17-9-5-2-6-10-17;1-2/h1,3-4,7-8,11-14,17,21H,2,5-6,9-10H2,(H,20,22);1-2H3. The summed E-state index contributed by atoms with van der Waals surface area (Å²) in [6, 6.07) is 15.2. The molecular formula is C21H28N2O3S. The van der Waals surface area contributed by atoms with Crippen LogP contribution >= 0.6 is 0 Å². The molecule has 3 rings (SSSR count). The molecule has 2 aromatic carbocycles. The molecule has 27 heavy (non-hydrogen) atoms. The average Bonchev–Trinajstić information content (AvgIpc) is 2.71. The Hall–Kier alpha value is -2.18. The summed E-state index contributed by atoms with van der Waals surface area (Å²) in [7, 11) is -3.52. The van der Waals surface area contributed by atoms with Gasteiger partial charge in [0.15, 0.2) is 0 Å². The van der Waals surface area contributed by atoms with E-state index in [0.29, 0.717) is 11.3 Å². The summed E-state index contributed by atoms with van der Waals surface area (Å²) in [5.74, 6) is -0.225. The quantitative estimate of drug-likeness (QED) is 0.787. The molecule has 0 saturated heterocycles. The Labute approximate surface area is 162 Å². The molecule has 1 amide bonds. The zero-order valence-electron chi connectivity index (χ0n) is 15.9. The number of carbonyl (C=O) groups is 1. The van der Waals surface area contributed by atoms with E-state index < -0.39 is 10.0 Å². The zero-order valence-corrected chi connectivity index (χ0v) is 16.8. The zero-order chi connectivity index (χ0) is 19.7. The molecule has 0 heterocycles. The van der Waals surface area contributed by atoms with Crippen molar-refractivity contribution in [1.29, 1.82) is 0 Å². The van der Waals surface area contributed by atoms with Crippen LogP contribution in [0, 0.1) is 0 Å². The Balaban J connectivity index is 0.00000126. The Kier molecular flexibility index (Phi) is 8.00. The minimum Gasteiger partial charge on any atom is -0.322 e. The summed E-state index contributed by atoms with van der Waals surface area (Å²) in [4.78, 5) is 12.3. The first-order chi connectivity index (χ1) is 13.0. The van der Waals surface area contributed by atoms with E-state index in [0.717, 1.165) is 25.7 Å². The topological polar surface area (TPSA) is 75.3 Å². The Morgan fingerprint density at radius 2 is 1.48 bits per heavy atom. The Morgan fingerprint density at radius 1 is 0.889 bits per heavy atom. The SMILES string of the molecule is CC.O=C(Nc1ccc(S(=O)(=O)NC2CCCCC2)cc1)c1ccccc1. The summed E-state index contributed by atoms with van der Waals surface area (Å²) in [5.41, 5.74) is 1.11. The monoisotopic (exact) mass is 388 g/mol. The minimum absolute atomic E-state index is 0.0243. The largest absolute Gasteiger partial charge is 0.322 e. The van der Waals surface area contributed by atoms with Crippen LogP contribution in [0.15, 0.2) is 59.5 Å². The maximum absolute atomic E-state index is 12.5. The molecular weight excluding hydrogens is 360 g/mol. The highest BCUT2D eigenvalue weighted by molar-refractivity contribution is 7.89. The molecule has 6 heteroatoms. The van der Waals surface area contributed by atoms with E-state index in [1.165, 1.54) is 18.6 Å². The van der Waals surface area contributed by atoms with E-state index in [4.69, 9.17) is 0 Å². The van der Waals surface area contributed by atoms with Crippen molar-refractivity contribution >= 4 is 21.6 Å². The molecule has 2 aromatic rings. The van der Waals surface area contributed by atoms with Crippen LogP contribution in [-0.2, 0) is 10.0 Å². The third-order valence-corrected chi connectivity index (χ3v) is 5.92. The molecule has 1 aliphatic carbocycles. The molecule has 0 radical (unpaired) electrons. The van der Waals surface area contributed by atoms with Gasteiger partial charge in [0.25, 0.3) is 5.91 Å². The highest BCUT2D eigenvalue weighted by Crippen LogP contribution is 2.21. The van der Waals surface area contributed by atoms with Crippen molar-refractivity contribution in [2.24, 2.45) is 0 Å². The lowest BCUT2D eigenvalue weighted by Crippen LogP contribution is -2.36. The summed E-state index contributed by atoms with van der Waals surface area (Å²) in [6.07, 6.45) is 5.10. The molecule has 146 valence electrons. The lowest BCUT2D eigenvalue weighted by molar-refractivity contribution is 0.102. The third kappa shape index (κ3) is 6.19. The van der Waals surface area contributed by atoms with Crippen LogP contribution in [0.3, 0.4) is 0 Å². The molecule has 1 fully saturated rings. The van der Waals surface area contributed by atoms with E-state index in [2.05, 4.69) is 10.0 Å². The van der Waals surface area contributed by atoms with Crippen molar-refractivity contribution in [3.63, 3.8) is 0 Å². The summed E-state index contributed by atoms with van der Waals surface area (Å²) in [5, 5.41) is 2.76. The van der Waals surface area contributed by atoms with Gasteiger partial charge in [-0.05, 0) is 49.2 Å². The van der Waals surface area contributed by atoms with Crippen LogP contribution in [0.4, 0.5) is 5.69 Å². The van der Waals surface area contributed by atoms with Crippen LogP contribution in [0.25, 0.3) is 0 Å². The number of sulfonamides is 1. The fraction of sp³-hybridized carbons (Fsp3) is 0.381. The van der Waals surface area contributed by atoms with Gasteiger partial charge in [0, 0.05) is 17.3 Å². The van der Waals surface area contributed by atoms with Crippen molar-refractivity contribution in [1.82, 2.24) is 4.72 Å². The molecule has 0 aliphatic heterocycles. The molecule has 5 nitrogen and oxygen atoms in total. The van der Waals surface area contributed by atoms with Gasteiger partial charge >= 0.3 is 0 Å². The number of benzene rings is 2. The van der Waals surface area contributed by atoms with Crippen LogP contribution < -0.4 is 10.0 Å². The van der Waals surface area contributed by atoms with Crippen LogP contribution in [0.1, 0.15) is 56.3 Å². The van der Waals surface area contributed by atoms with Gasteiger partial charge in [-0.15, -0.1) is 0 Å². The second kappa shape index (κ2) is 10.2. The summed E-state index contributed by atoms with van der Waals surface area (Å²) < 4.78 is 27.7. The van der Waals surface area contributed by atoms with Gasteiger partial charge < -0.3 is 5.32 Å². The minimum atomic E-state index is -3.52. The summed E-state index contributed by atoms with van der Waals surface area (Å²) >= 11 is 0. The van der Waals surface area contributed by atoms with E-state index in [9.17, 15) is 13.2 Å². The maximum Gasteiger partial charge on any atom is 0.255 e. The second-order valence-corrected chi connectivity index (χ2v) is 8.01. The van der Waals surface area contributed by atoms with E-state index in [1.54, 1.807) is 36.4 Å². The first-order valence-corrected chi connectivity index (χ1v) is 11.0. The van der Waals surface area contributed by atoms with Crippen molar-refractivity contribution in [3.8, 4) is 0 Å². The van der Waals surface area contributed by atoms with Gasteiger partial charge in [-0.25, -0.2) is 13.1 Å². The van der Waals surface area contributed by atoms with Crippen molar-refractivity contribution in [3.05, 3.63) is 60.2 Å². The number of hydrogen-bond acceptors (Lipinski definition) is 3. The highest BCUT2D eigenvalue weighted by atomic mass is 32.2. The molecule has 2 N–H and O–H groups in total. The van der Waals surface area contributed by atoms with Crippen LogP contribution in [-0.4, -0.2) is 20.4 Å². The fourth-order valence-electron chi connectivity index (χ4n) is 3.02. The van der Waals surface area contributed by atoms with Gasteiger partial charge in [-0.2, -0.15) is 0 Å². The van der Waals surface area contributed by atoms with Crippen LogP contribution in [0.5, 0.6) is 0 Å². The van der Waals surface area contributed by atoms with E-state index >= 15 is 0 Å². The number of anilines is 1. The molecule has 0 aromatic heterocycles. The van der Waals surface area contributed by atoms with E-state index in [1.807, 2.05) is 19.9 Å². The van der Waals surface area contributed by atoms with Gasteiger partial charge in [0.2, 0.25) is 10.0 Å². The average molecular weight is 389 g/mol. The van der Waals surface area contributed by atoms with Crippen molar-refractivity contribution < 1.29 is 13.2 Å². The smallest absolute Gasteiger partial charge is 0.255 e. The van der Waals surface area contributed by atoms with E-state index in [-0.39, 0.29) is 16.8 Å². The van der Waals surface area contributed by atoms with Crippen LogP contribution in [0.2, 0.25) is 0 Å². The van der Waals surface area contributed by atoms with Gasteiger partial charge in [-0.3, -0.25) is 4.79 Å². The molecule has 0 atom stereocenters. The molecule has 1 saturated carbocycles. The molecule has 0 bridgehead atoms. The molecule has 0 spiro atoms. The predicted molar refractivity (Wildman–Crippen MR) is 109 cm³/mol. The Morgan fingerprint density at radius 3 is 2.07 bits per heavy atom. The summed E-state index contributed by atoms with van der Waals surface area (Å²) in [6.45, 7) is 4.00. The maximum atomic E-state index is 12.5. The number of carbonyl (C=O) groups excluding carboxylic acids is 1. The van der Waals surface area contributed by atoms with Gasteiger partial charge in [-0.1, -0.05) is 51.3 Å². The Bertz CT molecular complexity index is 812. The predicted octanol–water partition coefficient (Wildman–Crippen LogP) is 4.58. The third-order valence-electron chi connectivity index (χ3n) is 4.39. The van der Waals surface area contributed by atoms with Crippen molar-refractivity contribution in [2.45, 2.75) is 56.9 Å². The molecule has 1 aliphatic rings. The first-order valence-electron chi connectivity index (χ1n) is 9.53. The number of nitrogens with one attached hydrogen (secondary N) is 2. The number of hydrogen-bond donors (Lipinski definition) is 2. The fourth-order valence-corrected chi connectivity index (χ4v) is 4.32. The first kappa shape index (κ1) is 21.1. The van der Waals surface area contributed by atoms with Crippen molar-refractivity contribution in [2.75, 3.05) is 5.32 Å². The lowest BCUT2D eigenvalue weighted by Gasteiger charge is -2.22. The van der Waals surface area contributed by atoms with Gasteiger partial charge in [0.1, 0.15) is 0 Å².